The van der Waals surface area contributed by atoms with Crippen molar-refractivity contribution in [2.75, 3.05) is 54.9 Å². The number of alkyl halides is 3. The summed E-state index contributed by atoms with van der Waals surface area (Å²) in [6, 6.07) is 3.08. The molecule has 1 amide bonds. The zero-order valence-electron chi connectivity index (χ0n) is 26.0. The Kier molecular flexibility index (Phi) is 8.42. The van der Waals surface area contributed by atoms with Crippen LogP contribution >= 0.6 is 0 Å². The molecule has 2 aliphatic rings. The number of carbonyl (C=O) groups excluding carboxylic acids is 1. The molecule has 5 rings (SSSR count). The Morgan fingerprint density at radius 3 is 2.29 bits per heavy atom. The molecule has 45 heavy (non-hydrogen) atoms. The van der Waals surface area contributed by atoms with Gasteiger partial charge in [0, 0.05) is 74.5 Å². The van der Waals surface area contributed by atoms with Gasteiger partial charge >= 0.3 is 6.18 Å². The third kappa shape index (κ3) is 7.12. The fourth-order valence-corrected chi connectivity index (χ4v) is 6.05. The number of hydrogen-bond acceptors (Lipinski definition) is 8. The normalized spacial score (nSPS) is 20.3. The van der Waals surface area contributed by atoms with Crippen LogP contribution in [0.2, 0.25) is 0 Å². The number of pyridine rings is 1. The molecule has 14 heteroatoms. The lowest BCUT2D eigenvalue weighted by molar-refractivity contribution is -0.138. The van der Waals surface area contributed by atoms with Crippen LogP contribution in [-0.2, 0) is 10.9 Å². The van der Waals surface area contributed by atoms with Crippen molar-refractivity contribution in [3.05, 3.63) is 64.1 Å². The fourth-order valence-electron chi connectivity index (χ4n) is 6.05. The number of halogens is 4. The molecule has 10 nitrogen and oxygen atoms in total. The number of carbonyl (C=O) groups is 1. The van der Waals surface area contributed by atoms with Crippen molar-refractivity contribution in [1.29, 1.82) is 0 Å². The van der Waals surface area contributed by atoms with Gasteiger partial charge in [0.15, 0.2) is 0 Å². The SMILES string of the molecule is C[C@H]1CN(c2cc(F)c(-c3cnc(N4CC(C)(C)OC(C)(C)C4)nc3)cc2NC(=O)c2c[nH]c(=O)cc2C(F)(F)F)CCN1C. The van der Waals surface area contributed by atoms with E-state index in [4.69, 9.17) is 4.74 Å². The minimum Gasteiger partial charge on any atom is -0.367 e. The van der Waals surface area contributed by atoms with Gasteiger partial charge < -0.3 is 29.7 Å². The molecule has 2 aromatic heterocycles. The third-order valence-corrected chi connectivity index (χ3v) is 8.04. The largest absolute Gasteiger partial charge is 0.417 e. The van der Waals surface area contributed by atoms with E-state index in [1.807, 2.05) is 51.5 Å². The van der Waals surface area contributed by atoms with Crippen molar-refractivity contribution < 1.29 is 27.1 Å². The molecule has 0 radical (unpaired) electrons. The highest BCUT2D eigenvalue weighted by molar-refractivity contribution is 6.07. The standard InChI is InChI=1S/C31H37F4N7O3/c1-18-15-41(8-7-40(18)6)25-11-23(32)20(9-24(25)39-27(44)21-14-36-26(43)10-22(21)31(33,34)35)19-12-37-28(38-13-19)42-16-29(2,3)45-30(4,5)17-42/h9-14,18H,7-8,15-17H2,1-6H3,(H,36,43)(H,39,44)/t18-/m0/s1. The number of ether oxygens (including phenoxy) is 1. The zero-order chi connectivity index (χ0) is 32.9. The van der Waals surface area contributed by atoms with E-state index >= 15 is 4.39 Å². The summed E-state index contributed by atoms with van der Waals surface area (Å²) in [7, 11) is 1.96. The van der Waals surface area contributed by atoms with Gasteiger partial charge in [-0.05, 0) is 53.8 Å². The topological polar surface area (TPSA) is 107 Å². The predicted octanol–water partition coefficient (Wildman–Crippen LogP) is 4.78. The van der Waals surface area contributed by atoms with Gasteiger partial charge in [-0.3, -0.25) is 9.59 Å². The Labute approximate surface area is 258 Å². The number of aromatic nitrogens is 3. The van der Waals surface area contributed by atoms with Crippen LogP contribution in [0.5, 0.6) is 0 Å². The molecule has 1 aromatic carbocycles. The summed E-state index contributed by atoms with van der Waals surface area (Å²) in [5, 5.41) is 2.55. The average Bonchev–Trinajstić information content (AvgIpc) is 2.93. The highest BCUT2D eigenvalue weighted by Crippen LogP contribution is 2.37. The average molecular weight is 632 g/mol. The molecule has 2 aliphatic heterocycles. The molecule has 0 spiro atoms. The van der Waals surface area contributed by atoms with Crippen molar-refractivity contribution in [3.8, 4) is 11.1 Å². The highest BCUT2D eigenvalue weighted by Gasteiger charge is 2.39. The summed E-state index contributed by atoms with van der Waals surface area (Å²) in [5.41, 5.74) is -3.24. The first-order valence-electron chi connectivity index (χ1n) is 14.6. The number of piperazine rings is 1. The van der Waals surface area contributed by atoms with E-state index in [1.54, 1.807) is 0 Å². The van der Waals surface area contributed by atoms with E-state index in [1.165, 1.54) is 24.5 Å². The van der Waals surface area contributed by atoms with E-state index < -0.39 is 45.8 Å². The number of aromatic amines is 1. The lowest BCUT2D eigenvalue weighted by atomic mass is 9.99. The Morgan fingerprint density at radius 1 is 1.04 bits per heavy atom. The number of rotatable bonds is 5. The van der Waals surface area contributed by atoms with Crippen molar-refractivity contribution >= 4 is 23.2 Å². The fraction of sp³-hybridized carbons (Fsp3) is 0.484. The molecule has 1 atom stereocenters. The molecule has 0 saturated carbocycles. The number of benzene rings is 1. The van der Waals surface area contributed by atoms with E-state index in [9.17, 15) is 22.8 Å². The molecule has 2 saturated heterocycles. The number of anilines is 3. The van der Waals surface area contributed by atoms with Gasteiger partial charge in [0.05, 0.1) is 33.7 Å². The summed E-state index contributed by atoms with van der Waals surface area (Å²) in [5.74, 6) is -1.28. The molecular weight excluding hydrogens is 594 g/mol. The monoisotopic (exact) mass is 631 g/mol. The number of H-pyrrole nitrogens is 1. The molecule has 2 fully saturated rings. The maximum absolute atomic E-state index is 15.8. The summed E-state index contributed by atoms with van der Waals surface area (Å²) < 4.78 is 63.2. The number of likely N-dealkylation sites (N-methyl/N-ethyl adjacent to an activating group) is 1. The van der Waals surface area contributed by atoms with Crippen LogP contribution in [0.4, 0.5) is 34.9 Å². The van der Waals surface area contributed by atoms with Gasteiger partial charge in [-0.25, -0.2) is 14.4 Å². The van der Waals surface area contributed by atoms with Gasteiger partial charge in [0.2, 0.25) is 11.5 Å². The van der Waals surface area contributed by atoms with Crippen LogP contribution in [0.1, 0.15) is 50.5 Å². The van der Waals surface area contributed by atoms with E-state index in [0.717, 1.165) is 6.20 Å². The van der Waals surface area contributed by atoms with E-state index in [2.05, 4.69) is 25.2 Å². The van der Waals surface area contributed by atoms with Gasteiger partial charge in [0.25, 0.3) is 5.91 Å². The third-order valence-electron chi connectivity index (χ3n) is 8.04. The maximum Gasteiger partial charge on any atom is 0.417 e. The Bertz CT molecular complexity index is 1620. The minimum atomic E-state index is -4.95. The minimum absolute atomic E-state index is 0.0583. The maximum atomic E-state index is 15.8. The number of amides is 1. The molecule has 4 heterocycles. The predicted molar refractivity (Wildman–Crippen MR) is 163 cm³/mol. The van der Waals surface area contributed by atoms with Crippen molar-refractivity contribution in [3.63, 3.8) is 0 Å². The molecule has 2 N–H and O–H groups in total. The van der Waals surface area contributed by atoms with Crippen LogP contribution in [0.15, 0.2) is 41.6 Å². The number of hydrogen-bond donors (Lipinski definition) is 2. The molecular formula is C31H37F4N7O3. The van der Waals surface area contributed by atoms with Crippen LogP contribution in [-0.4, -0.2) is 82.8 Å². The number of morpholine rings is 1. The van der Waals surface area contributed by atoms with Crippen LogP contribution in [0, 0.1) is 5.82 Å². The molecule has 3 aromatic rings. The van der Waals surface area contributed by atoms with Crippen LogP contribution < -0.4 is 20.7 Å². The van der Waals surface area contributed by atoms with Crippen molar-refractivity contribution in [2.45, 2.75) is 58.0 Å². The Balaban J connectivity index is 1.52. The highest BCUT2D eigenvalue weighted by atomic mass is 19.4. The first-order valence-corrected chi connectivity index (χ1v) is 14.6. The second-order valence-corrected chi connectivity index (χ2v) is 13.0. The number of nitrogens with one attached hydrogen (secondary N) is 2. The number of nitrogens with zero attached hydrogens (tertiary/aromatic N) is 5. The van der Waals surface area contributed by atoms with Crippen LogP contribution in [0.25, 0.3) is 11.1 Å². The summed E-state index contributed by atoms with van der Waals surface area (Å²) in [6.45, 7) is 12.7. The van der Waals surface area contributed by atoms with Gasteiger partial charge in [0.1, 0.15) is 5.82 Å². The van der Waals surface area contributed by atoms with Crippen molar-refractivity contribution in [1.82, 2.24) is 19.9 Å². The van der Waals surface area contributed by atoms with E-state index in [-0.39, 0.29) is 17.3 Å². The van der Waals surface area contributed by atoms with E-state index in [0.29, 0.717) is 56.0 Å². The molecule has 0 aliphatic carbocycles. The molecule has 242 valence electrons. The molecule has 0 bridgehead atoms. The Morgan fingerprint density at radius 2 is 1.69 bits per heavy atom. The van der Waals surface area contributed by atoms with Gasteiger partial charge in [-0.1, -0.05) is 0 Å². The first kappa shape index (κ1) is 32.4. The molecule has 0 unspecified atom stereocenters. The van der Waals surface area contributed by atoms with Gasteiger partial charge in [-0.2, -0.15) is 13.2 Å². The quantitative estimate of drug-likeness (QED) is 0.388. The second kappa shape index (κ2) is 11.7. The summed E-state index contributed by atoms with van der Waals surface area (Å²) in [6.07, 6.45) is -1.27. The zero-order valence-corrected chi connectivity index (χ0v) is 26.0. The lowest BCUT2D eigenvalue weighted by Crippen LogP contribution is -2.57. The smallest absolute Gasteiger partial charge is 0.367 e. The summed E-state index contributed by atoms with van der Waals surface area (Å²) in [4.78, 5) is 42.1. The van der Waals surface area contributed by atoms with Crippen molar-refractivity contribution in [2.24, 2.45) is 0 Å². The first-order chi connectivity index (χ1) is 20.9. The lowest BCUT2D eigenvalue weighted by Gasteiger charge is -2.47. The van der Waals surface area contributed by atoms with Gasteiger partial charge in [-0.15, -0.1) is 0 Å². The Hall–Kier alpha value is -4.04. The summed E-state index contributed by atoms with van der Waals surface area (Å²) >= 11 is 0. The second-order valence-electron chi connectivity index (χ2n) is 13.0. The van der Waals surface area contributed by atoms with Crippen LogP contribution in [0.3, 0.4) is 0 Å².